The predicted octanol–water partition coefficient (Wildman–Crippen LogP) is 4.35. The molecule has 1 fully saturated rings. The maximum absolute atomic E-state index is 6.66. The summed E-state index contributed by atoms with van der Waals surface area (Å²) in [4.78, 5) is 0. The Labute approximate surface area is 105 Å². The van der Waals surface area contributed by atoms with Crippen LogP contribution in [-0.4, -0.2) is 28.1 Å². The minimum atomic E-state index is -1.43. The first-order valence-electron chi connectivity index (χ1n) is 6.74. The van der Waals surface area contributed by atoms with Gasteiger partial charge in [0.05, 0.1) is 12.7 Å². The maximum atomic E-state index is 6.66. The average Bonchev–Trinajstić information content (AvgIpc) is 2.14. The lowest BCUT2D eigenvalue weighted by Gasteiger charge is -2.59. The molecule has 1 aliphatic rings. The second kappa shape index (κ2) is 4.07. The third-order valence-electron chi connectivity index (χ3n) is 5.81. The molecule has 96 valence electrons. The minimum Gasteiger partial charge on any atom is -0.415 e. The molecule has 2 unspecified atom stereocenters. The van der Waals surface area contributed by atoms with E-state index in [-0.39, 0.29) is 5.60 Å². The topological polar surface area (TPSA) is 9.23 Å². The van der Waals surface area contributed by atoms with E-state index in [9.17, 15) is 0 Å². The first-order chi connectivity index (χ1) is 7.04. The first kappa shape index (κ1) is 14.7. The van der Waals surface area contributed by atoms with E-state index < -0.39 is 22.5 Å². The van der Waals surface area contributed by atoms with Gasteiger partial charge in [0.15, 0.2) is 7.83 Å². The Kier molecular flexibility index (Phi) is 3.73. The highest BCUT2D eigenvalue weighted by Gasteiger charge is 2.62. The van der Waals surface area contributed by atoms with Gasteiger partial charge in [-0.3, -0.25) is 0 Å². The summed E-state index contributed by atoms with van der Waals surface area (Å²) in [6.07, 6.45) is 1.19. The molecule has 0 spiro atoms. The number of rotatable bonds is 2. The summed E-state index contributed by atoms with van der Waals surface area (Å²) in [6.45, 7) is 20.0. The second-order valence-corrected chi connectivity index (χ2v) is 34.0. The van der Waals surface area contributed by atoms with E-state index in [0.717, 1.165) is 0 Å². The van der Waals surface area contributed by atoms with Crippen LogP contribution in [0.3, 0.4) is 0 Å². The Hall–Kier alpha value is 0.611. The van der Waals surface area contributed by atoms with E-state index in [4.69, 9.17) is 4.43 Å². The fourth-order valence-electron chi connectivity index (χ4n) is 3.32. The van der Waals surface area contributed by atoms with Crippen molar-refractivity contribution >= 4 is 22.5 Å². The van der Waals surface area contributed by atoms with Crippen molar-refractivity contribution in [1.82, 2.24) is 0 Å². The van der Waals surface area contributed by atoms with Gasteiger partial charge in [0.2, 0.25) is 0 Å². The fraction of sp³-hybridized carbons (Fsp3) is 1.00. The number of hydrogen-bond donors (Lipinski definition) is 0. The highest BCUT2D eigenvalue weighted by molar-refractivity contribution is 7.67. The molecule has 0 aromatic carbocycles. The maximum Gasteiger partial charge on any atom is 0.172 e. The molecule has 0 amide bonds. The molecular formula is C12H30OSi3. The predicted molar refractivity (Wildman–Crippen MR) is 81.7 cm³/mol. The highest BCUT2D eigenvalue weighted by atomic mass is 29.6. The number of hydrogen-bond acceptors (Lipinski definition) is 1. The zero-order chi connectivity index (χ0) is 12.8. The summed E-state index contributed by atoms with van der Waals surface area (Å²) in [5.74, 6) is 0. The van der Waals surface area contributed by atoms with Crippen LogP contribution in [0.25, 0.3) is 0 Å². The van der Waals surface area contributed by atoms with Crippen LogP contribution in [0.4, 0.5) is 0 Å². The smallest absolute Gasteiger partial charge is 0.172 e. The summed E-state index contributed by atoms with van der Waals surface area (Å²) in [5.41, 5.74) is 0.204. The largest absolute Gasteiger partial charge is 0.415 e. The van der Waals surface area contributed by atoms with Gasteiger partial charge in [0, 0.05) is 7.59 Å². The van der Waals surface area contributed by atoms with Crippen molar-refractivity contribution in [2.24, 2.45) is 0 Å². The summed E-state index contributed by atoms with van der Waals surface area (Å²) in [5, 5.41) is 0. The van der Waals surface area contributed by atoms with Crippen molar-refractivity contribution < 1.29 is 4.43 Å². The van der Waals surface area contributed by atoms with Gasteiger partial charge in [-0.05, 0) is 32.5 Å². The third kappa shape index (κ3) is 2.02. The molecule has 1 aliphatic heterocycles. The first-order valence-corrected chi connectivity index (χ1v) is 17.6. The molecule has 1 rings (SSSR count). The van der Waals surface area contributed by atoms with Crippen molar-refractivity contribution in [1.29, 1.82) is 0 Å². The van der Waals surface area contributed by atoms with Crippen LogP contribution in [-0.2, 0) is 4.43 Å². The van der Waals surface area contributed by atoms with Gasteiger partial charge in [-0.15, -0.1) is 0 Å². The second-order valence-electron chi connectivity index (χ2n) is 7.13. The van der Waals surface area contributed by atoms with Gasteiger partial charge >= 0.3 is 0 Å². The Bertz CT molecular complexity index is 277. The molecule has 0 aliphatic carbocycles. The molecule has 4 heteroatoms. The Morgan fingerprint density at radius 3 is 1.94 bits per heavy atom. The van der Waals surface area contributed by atoms with Crippen LogP contribution in [0.15, 0.2) is 0 Å². The van der Waals surface area contributed by atoms with E-state index in [1.54, 1.807) is 0 Å². The lowest BCUT2D eigenvalue weighted by atomic mass is 10.1. The van der Waals surface area contributed by atoms with Crippen LogP contribution in [0.1, 0.15) is 27.2 Å². The van der Waals surface area contributed by atoms with E-state index >= 15 is 0 Å². The summed E-state index contributed by atoms with van der Waals surface area (Å²) >= 11 is 0. The summed E-state index contributed by atoms with van der Waals surface area (Å²) < 4.78 is 6.66. The summed E-state index contributed by atoms with van der Waals surface area (Å²) in [7, 11) is -3.61. The van der Waals surface area contributed by atoms with E-state index in [1.165, 1.54) is 18.5 Å². The zero-order valence-corrected chi connectivity index (χ0v) is 15.5. The molecule has 0 N–H and O–H groups in total. The van der Waals surface area contributed by atoms with Crippen molar-refractivity contribution in [3.63, 3.8) is 0 Å². The van der Waals surface area contributed by atoms with Crippen LogP contribution >= 0.6 is 0 Å². The highest BCUT2D eigenvalue weighted by Crippen LogP contribution is 2.46. The molecule has 0 aromatic heterocycles. The van der Waals surface area contributed by atoms with Crippen LogP contribution in [0.2, 0.25) is 44.8 Å². The monoisotopic (exact) mass is 274 g/mol. The SMILES string of the molecule is CCC1(C)C[Si](C)(CC)[Si](C)(C)[Si](C)(C)O1. The van der Waals surface area contributed by atoms with Crippen molar-refractivity contribution in [3.8, 4) is 0 Å². The molecule has 0 radical (unpaired) electrons. The van der Waals surface area contributed by atoms with E-state index in [2.05, 4.69) is 53.5 Å². The average molecular weight is 275 g/mol. The van der Waals surface area contributed by atoms with E-state index in [0.29, 0.717) is 0 Å². The van der Waals surface area contributed by atoms with Gasteiger partial charge in [-0.1, -0.05) is 39.5 Å². The van der Waals surface area contributed by atoms with Crippen molar-refractivity contribution in [2.75, 3.05) is 0 Å². The van der Waals surface area contributed by atoms with Crippen molar-refractivity contribution in [3.05, 3.63) is 0 Å². The zero-order valence-electron chi connectivity index (χ0n) is 12.5. The Morgan fingerprint density at radius 2 is 1.56 bits per heavy atom. The molecule has 0 bridgehead atoms. The minimum absolute atomic E-state index is 0.204. The molecule has 0 aromatic rings. The summed E-state index contributed by atoms with van der Waals surface area (Å²) in [6, 6.07) is 2.87. The lowest BCUT2D eigenvalue weighted by Crippen LogP contribution is -2.78. The molecule has 1 heterocycles. The van der Waals surface area contributed by atoms with Gasteiger partial charge in [-0.2, -0.15) is 0 Å². The molecule has 1 nitrogen and oxygen atoms in total. The quantitative estimate of drug-likeness (QED) is 0.680. The van der Waals surface area contributed by atoms with Gasteiger partial charge in [0.25, 0.3) is 0 Å². The fourth-order valence-corrected chi connectivity index (χ4v) is 37.1. The molecule has 0 saturated carbocycles. The van der Waals surface area contributed by atoms with Crippen LogP contribution in [0, 0.1) is 0 Å². The normalized spacial score (nSPS) is 42.0. The Morgan fingerprint density at radius 1 is 1.06 bits per heavy atom. The van der Waals surface area contributed by atoms with Gasteiger partial charge in [-0.25, -0.2) is 0 Å². The molecule has 2 atom stereocenters. The van der Waals surface area contributed by atoms with Crippen LogP contribution in [0.5, 0.6) is 0 Å². The standard InChI is InChI=1S/C12H30OSi3/c1-9-12(3)11-16(8,10-2)15(6,7)14(4,5)13-12/h9-11H2,1-8H3. The van der Waals surface area contributed by atoms with Crippen LogP contribution < -0.4 is 0 Å². The molecular weight excluding hydrogens is 244 g/mol. The lowest BCUT2D eigenvalue weighted by molar-refractivity contribution is 0.0964. The van der Waals surface area contributed by atoms with Gasteiger partial charge < -0.3 is 4.43 Å². The van der Waals surface area contributed by atoms with E-state index in [1.807, 2.05) is 0 Å². The third-order valence-corrected chi connectivity index (χ3v) is 46.8. The van der Waals surface area contributed by atoms with Crippen molar-refractivity contribution in [2.45, 2.75) is 77.6 Å². The van der Waals surface area contributed by atoms with Gasteiger partial charge in [0.1, 0.15) is 0 Å². The Balaban J connectivity index is 3.19. The molecule has 16 heavy (non-hydrogen) atoms. The molecule has 1 saturated heterocycles.